The van der Waals surface area contributed by atoms with Crippen LogP contribution in [0.1, 0.15) is 32.9 Å². The lowest BCUT2D eigenvalue weighted by molar-refractivity contribution is 0.0828. The molecule has 1 aromatic heterocycles. The first kappa shape index (κ1) is 17.9. The molecule has 0 N–H and O–H groups in total. The molecule has 0 saturated heterocycles. The number of rotatable bonds is 3. The van der Waals surface area contributed by atoms with Crippen molar-refractivity contribution in [3.05, 3.63) is 58.4 Å². The average molecular weight is 348 g/mol. The third kappa shape index (κ3) is 3.12. The van der Waals surface area contributed by atoms with E-state index in [1.165, 1.54) is 11.1 Å². The number of fused-ring (bicyclic) bond motifs is 1. The monoisotopic (exact) mass is 348 g/mol. The zero-order valence-corrected chi connectivity index (χ0v) is 16.2. The fraction of sp³-hybridized carbons (Fsp3) is 0.286. The lowest BCUT2D eigenvalue weighted by Crippen LogP contribution is -2.21. The van der Waals surface area contributed by atoms with Crippen LogP contribution in [0.3, 0.4) is 0 Å². The Morgan fingerprint density at radius 1 is 1.15 bits per heavy atom. The number of hydrogen-bond donors (Lipinski definition) is 0. The Kier molecular flexibility index (Phi) is 4.64. The SMILES string of the molecule is Cc1cccc(C)c1/C=N/c1cc(C(=O)N(C)C)cc2nc(C)n(C)c12. The summed E-state index contributed by atoms with van der Waals surface area (Å²) in [5, 5.41) is 0. The van der Waals surface area contributed by atoms with Gasteiger partial charge in [0.1, 0.15) is 5.82 Å². The molecule has 0 spiro atoms. The van der Waals surface area contributed by atoms with Crippen LogP contribution in [0.15, 0.2) is 35.3 Å². The molecule has 1 amide bonds. The maximum Gasteiger partial charge on any atom is 0.253 e. The Balaban J connectivity index is 2.20. The van der Waals surface area contributed by atoms with Gasteiger partial charge in [-0.2, -0.15) is 0 Å². The molecule has 1 heterocycles. The lowest BCUT2D eigenvalue weighted by atomic mass is 10.0. The van der Waals surface area contributed by atoms with Crippen molar-refractivity contribution in [1.29, 1.82) is 0 Å². The van der Waals surface area contributed by atoms with Crippen LogP contribution >= 0.6 is 0 Å². The van der Waals surface area contributed by atoms with Gasteiger partial charge in [-0.15, -0.1) is 0 Å². The highest BCUT2D eigenvalue weighted by Crippen LogP contribution is 2.29. The highest BCUT2D eigenvalue weighted by atomic mass is 16.2. The van der Waals surface area contributed by atoms with E-state index in [0.29, 0.717) is 5.56 Å². The molecule has 0 atom stereocenters. The van der Waals surface area contributed by atoms with Crippen LogP contribution in [0.2, 0.25) is 0 Å². The second-order valence-electron chi connectivity index (χ2n) is 6.84. The third-order valence-corrected chi connectivity index (χ3v) is 4.70. The van der Waals surface area contributed by atoms with Crippen LogP contribution in [0.25, 0.3) is 11.0 Å². The highest BCUT2D eigenvalue weighted by molar-refractivity contribution is 6.02. The van der Waals surface area contributed by atoms with Crippen LogP contribution in [-0.2, 0) is 7.05 Å². The van der Waals surface area contributed by atoms with E-state index in [9.17, 15) is 4.79 Å². The first-order valence-corrected chi connectivity index (χ1v) is 8.58. The van der Waals surface area contributed by atoms with Crippen LogP contribution in [0, 0.1) is 20.8 Å². The van der Waals surface area contributed by atoms with Gasteiger partial charge in [0.05, 0.1) is 16.7 Å². The summed E-state index contributed by atoms with van der Waals surface area (Å²) in [6.45, 7) is 6.10. The summed E-state index contributed by atoms with van der Waals surface area (Å²) in [5.74, 6) is 0.830. The Bertz CT molecular complexity index is 1010. The number of nitrogens with zero attached hydrogens (tertiary/aromatic N) is 4. The second kappa shape index (κ2) is 6.75. The number of aliphatic imine (C=N–C) groups is 1. The Morgan fingerprint density at radius 3 is 2.42 bits per heavy atom. The molecule has 3 aromatic rings. The molecule has 5 nitrogen and oxygen atoms in total. The number of carbonyl (C=O) groups is 1. The minimum Gasteiger partial charge on any atom is -0.345 e. The fourth-order valence-corrected chi connectivity index (χ4v) is 3.09. The Hall–Kier alpha value is -2.95. The molecule has 0 radical (unpaired) electrons. The van der Waals surface area contributed by atoms with Gasteiger partial charge in [0, 0.05) is 32.9 Å². The summed E-state index contributed by atoms with van der Waals surface area (Å²) < 4.78 is 2.01. The summed E-state index contributed by atoms with van der Waals surface area (Å²) in [6.07, 6.45) is 1.88. The van der Waals surface area contributed by atoms with Crippen molar-refractivity contribution < 1.29 is 4.79 Å². The van der Waals surface area contributed by atoms with Crippen molar-refractivity contribution in [2.45, 2.75) is 20.8 Å². The van der Waals surface area contributed by atoms with E-state index in [1.807, 2.05) is 43.0 Å². The Morgan fingerprint density at radius 2 is 1.81 bits per heavy atom. The van der Waals surface area contributed by atoms with Crippen LogP contribution in [0.5, 0.6) is 0 Å². The Labute approximate surface area is 154 Å². The van der Waals surface area contributed by atoms with Crippen molar-refractivity contribution >= 4 is 28.8 Å². The molecular formula is C21H24N4O. The van der Waals surface area contributed by atoms with Gasteiger partial charge in [-0.1, -0.05) is 18.2 Å². The number of imidazole rings is 1. The largest absolute Gasteiger partial charge is 0.345 e. The van der Waals surface area contributed by atoms with E-state index >= 15 is 0 Å². The van der Waals surface area contributed by atoms with Crippen molar-refractivity contribution in [1.82, 2.24) is 14.5 Å². The number of benzene rings is 2. The first-order valence-electron chi connectivity index (χ1n) is 8.58. The lowest BCUT2D eigenvalue weighted by Gasteiger charge is -2.11. The third-order valence-electron chi connectivity index (χ3n) is 4.70. The number of amides is 1. The van der Waals surface area contributed by atoms with E-state index in [2.05, 4.69) is 31.0 Å². The van der Waals surface area contributed by atoms with Crippen LogP contribution < -0.4 is 0 Å². The molecule has 0 aliphatic heterocycles. The van der Waals surface area contributed by atoms with E-state index < -0.39 is 0 Å². The van der Waals surface area contributed by atoms with Gasteiger partial charge in [-0.25, -0.2) is 4.98 Å². The van der Waals surface area contributed by atoms with Gasteiger partial charge >= 0.3 is 0 Å². The quantitative estimate of drug-likeness (QED) is 0.673. The molecule has 5 heteroatoms. The maximum absolute atomic E-state index is 12.5. The number of aromatic nitrogens is 2. The van der Waals surface area contributed by atoms with Gasteiger partial charge in [0.15, 0.2) is 0 Å². The van der Waals surface area contributed by atoms with Gasteiger partial charge in [0.25, 0.3) is 5.91 Å². The highest BCUT2D eigenvalue weighted by Gasteiger charge is 2.16. The molecule has 0 saturated carbocycles. The topological polar surface area (TPSA) is 50.5 Å². The van der Waals surface area contributed by atoms with Crippen molar-refractivity contribution in [3.63, 3.8) is 0 Å². The summed E-state index contributed by atoms with van der Waals surface area (Å²) in [7, 11) is 5.46. The average Bonchev–Trinajstić information content (AvgIpc) is 2.87. The normalized spacial score (nSPS) is 11.5. The summed E-state index contributed by atoms with van der Waals surface area (Å²) in [4.78, 5) is 23.3. The molecule has 0 aliphatic carbocycles. The zero-order chi connectivity index (χ0) is 19.0. The fourth-order valence-electron chi connectivity index (χ4n) is 3.09. The van der Waals surface area contributed by atoms with Crippen LogP contribution in [-0.4, -0.2) is 40.7 Å². The van der Waals surface area contributed by atoms with E-state index in [4.69, 9.17) is 4.99 Å². The molecule has 134 valence electrons. The standard InChI is InChI=1S/C21H24N4O/c1-13-8-7-9-14(2)17(13)12-22-18-10-16(21(26)24(4)5)11-19-20(18)25(6)15(3)23-19/h7-12H,1-6H3/b22-12+. The van der Waals surface area contributed by atoms with Gasteiger partial charge < -0.3 is 9.47 Å². The minimum atomic E-state index is -0.0567. The summed E-state index contributed by atoms with van der Waals surface area (Å²) >= 11 is 0. The number of aryl methyl sites for hydroxylation is 4. The van der Waals surface area contributed by atoms with Crippen molar-refractivity contribution in [2.75, 3.05) is 14.1 Å². The molecular weight excluding hydrogens is 324 g/mol. The smallest absolute Gasteiger partial charge is 0.253 e. The predicted molar refractivity (Wildman–Crippen MR) is 107 cm³/mol. The number of carbonyl (C=O) groups excluding carboxylic acids is 1. The van der Waals surface area contributed by atoms with E-state index in [0.717, 1.165) is 28.1 Å². The minimum absolute atomic E-state index is 0.0567. The predicted octanol–water partition coefficient (Wildman–Crippen LogP) is 3.95. The van der Waals surface area contributed by atoms with E-state index in [1.54, 1.807) is 19.0 Å². The number of hydrogen-bond acceptors (Lipinski definition) is 3. The maximum atomic E-state index is 12.5. The van der Waals surface area contributed by atoms with Gasteiger partial charge in [-0.3, -0.25) is 9.79 Å². The van der Waals surface area contributed by atoms with Gasteiger partial charge in [-0.05, 0) is 49.6 Å². The van der Waals surface area contributed by atoms with Crippen molar-refractivity contribution in [2.24, 2.45) is 12.0 Å². The van der Waals surface area contributed by atoms with E-state index in [-0.39, 0.29) is 5.91 Å². The summed E-state index contributed by atoms with van der Waals surface area (Å²) in [5.41, 5.74) is 6.50. The zero-order valence-electron chi connectivity index (χ0n) is 16.2. The molecule has 0 aliphatic rings. The molecule has 26 heavy (non-hydrogen) atoms. The molecule has 0 unspecified atom stereocenters. The summed E-state index contributed by atoms with van der Waals surface area (Å²) in [6, 6.07) is 9.87. The van der Waals surface area contributed by atoms with Crippen LogP contribution in [0.4, 0.5) is 5.69 Å². The molecule has 3 rings (SSSR count). The molecule has 0 bridgehead atoms. The van der Waals surface area contributed by atoms with Crippen molar-refractivity contribution in [3.8, 4) is 0 Å². The first-order chi connectivity index (χ1) is 12.3. The molecule has 2 aromatic carbocycles. The molecule has 0 fully saturated rings. The second-order valence-corrected chi connectivity index (χ2v) is 6.84. The van der Waals surface area contributed by atoms with Gasteiger partial charge in [0.2, 0.25) is 0 Å².